The molecule has 0 amide bonds. The van der Waals surface area contributed by atoms with Crippen molar-refractivity contribution in [2.75, 3.05) is 13.7 Å². The molecule has 0 aliphatic rings. The number of nitrogens with one attached hydrogen (secondary N) is 1. The molecule has 0 radical (unpaired) electrons. The average Bonchev–Trinajstić information content (AvgIpc) is 3.06. The van der Waals surface area contributed by atoms with Gasteiger partial charge in [-0.3, -0.25) is 4.79 Å². The number of ether oxygens (including phenoxy) is 1. The molecule has 1 N–H and O–H groups in total. The van der Waals surface area contributed by atoms with E-state index in [0.717, 1.165) is 29.6 Å². The Morgan fingerprint density at radius 3 is 2.35 bits per heavy atom. The van der Waals surface area contributed by atoms with Crippen LogP contribution in [0.2, 0.25) is 0 Å². The fraction of sp³-hybridized carbons (Fsp3) is 0.182. The molecule has 0 saturated heterocycles. The van der Waals surface area contributed by atoms with Gasteiger partial charge in [0.05, 0.1) is 10.5 Å². The number of Topliss-reactive ketones (excluding diaryl/α,β-unsaturated/α-hetero) is 1. The maximum Gasteiger partial charge on any atom is 0.341 e. The van der Waals surface area contributed by atoms with Gasteiger partial charge in [0.15, 0.2) is 6.61 Å². The van der Waals surface area contributed by atoms with Crippen LogP contribution >= 0.6 is 0 Å². The SMILES string of the molecule is CNS(=O)(=O)c1ccc(F)c(C(=O)OCC(=O)c2cc(C)n(-c3ccccc3)c2C)c1. The standard InChI is InChI=1S/C22H21FN2O5S/c1-14-11-18(15(2)25(14)16-7-5-4-6-8-16)21(26)13-30-22(27)19-12-17(9-10-20(19)23)31(28,29)24-3/h4-12,24H,13H2,1-3H3. The third kappa shape index (κ3) is 4.57. The van der Waals surface area contributed by atoms with Crippen molar-refractivity contribution in [3.63, 3.8) is 0 Å². The second kappa shape index (κ2) is 8.83. The molecule has 2 aromatic carbocycles. The minimum absolute atomic E-state index is 0.291. The fourth-order valence-electron chi connectivity index (χ4n) is 3.25. The average molecular weight is 444 g/mol. The number of esters is 1. The lowest BCUT2D eigenvalue weighted by molar-refractivity contribution is 0.0469. The zero-order chi connectivity index (χ0) is 22.8. The van der Waals surface area contributed by atoms with Gasteiger partial charge in [-0.05, 0) is 57.3 Å². The molecular formula is C22H21FN2O5S. The normalized spacial score (nSPS) is 11.4. The number of halogens is 1. The molecule has 0 fully saturated rings. The number of carbonyl (C=O) groups excluding carboxylic acids is 2. The molecule has 162 valence electrons. The number of sulfonamides is 1. The molecular weight excluding hydrogens is 423 g/mol. The number of rotatable bonds is 7. The van der Waals surface area contributed by atoms with Gasteiger partial charge in [-0.25, -0.2) is 22.3 Å². The van der Waals surface area contributed by atoms with Crippen LogP contribution in [-0.4, -0.2) is 38.4 Å². The summed E-state index contributed by atoms with van der Waals surface area (Å²) in [6, 6.07) is 13.9. The molecule has 0 unspecified atom stereocenters. The summed E-state index contributed by atoms with van der Waals surface area (Å²) >= 11 is 0. The summed E-state index contributed by atoms with van der Waals surface area (Å²) in [7, 11) is -2.68. The van der Waals surface area contributed by atoms with Gasteiger partial charge in [-0.15, -0.1) is 0 Å². The third-order valence-corrected chi connectivity index (χ3v) is 6.23. The van der Waals surface area contributed by atoms with E-state index in [1.807, 2.05) is 41.8 Å². The molecule has 0 atom stereocenters. The molecule has 3 aromatic rings. The van der Waals surface area contributed by atoms with Gasteiger partial charge < -0.3 is 9.30 Å². The molecule has 1 heterocycles. The first-order chi connectivity index (χ1) is 14.7. The van der Waals surface area contributed by atoms with Crippen LogP contribution in [0.15, 0.2) is 59.5 Å². The van der Waals surface area contributed by atoms with E-state index in [1.54, 1.807) is 13.0 Å². The van der Waals surface area contributed by atoms with Crippen LogP contribution in [0.4, 0.5) is 4.39 Å². The first-order valence-electron chi connectivity index (χ1n) is 9.33. The lowest BCUT2D eigenvalue weighted by Crippen LogP contribution is -2.20. The lowest BCUT2D eigenvalue weighted by atomic mass is 10.1. The Morgan fingerprint density at radius 2 is 1.71 bits per heavy atom. The number of nitrogens with zero attached hydrogens (tertiary/aromatic N) is 1. The Kier molecular flexibility index (Phi) is 6.37. The Bertz CT molecular complexity index is 1250. The van der Waals surface area contributed by atoms with E-state index < -0.39 is 39.8 Å². The summed E-state index contributed by atoms with van der Waals surface area (Å²) in [5, 5.41) is 0. The topological polar surface area (TPSA) is 94.5 Å². The smallest absolute Gasteiger partial charge is 0.341 e. The molecule has 3 rings (SSSR count). The minimum atomic E-state index is -3.87. The van der Waals surface area contributed by atoms with E-state index in [-0.39, 0.29) is 4.90 Å². The van der Waals surface area contributed by atoms with E-state index in [9.17, 15) is 22.4 Å². The lowest BCUT2D eigenvalue weighted by Gasteiger charge is -2.10. The second-order valence-electron chi connectivity index (χ2n) is 6.80. The maximum absolute atomic E-state index is 14.1. The molecule has 0 aliphatic carbocycles. The van der Waals surface area contributed by atoms with Crippen LogP contribution in [0.25, 0.3) is 5.69 Å². The number of ketones is 1. The molecule has 0 saturated carbocycles. The first-order valence-corrected chi connectivity index (χ1v) is 10.8. The van der Waals surface area contributed by atoms with E-state index in [1.165, 1.54) is 7.05 Å². The van der Waals surface area contributed by atoms with Crippen molar-refractivity contribution in [2.24, 2.45) is 0 Å². The van der Waals surface area contributed by atoms with E-state index in [4.69, 9.17) is 4.74 Å². The van der Waals surface area contributed by atoms with Gasteiger partial charge >= 0.3 is 5.97 Å². The summed E-state index contributed by atoms with van der Waals surface area (Å²) in [6.07, 6.45) is 0. The van der Waals surface area contributed by atoms with Gasteiger partial charge in [0, 0.05) is 22.6 Å². The zero-order valence-electron chi connectivity index (χ0n) is 17.2. The Morgan fingerprint density at radius 1 is 1.03 bits per heavy atom. The predicted octanol–water partition coefficient (Wildman–Crippen LogP) is 3.18. The molecule has 0 aliphatic heterocycles. The molecule has 7 nitrogen and oxygen atoms in total. The minimum Gasteiger partial charge on any atom is -0.454 e. The highest BCUT2D eigenvalue weighted by molar-refractivity contribution is 7.89. The van der Waals surface area contributed by atoms with Crippen LogP contribution in [0, 0.1) is 19.7 Å². The first kappa shape index (κ1) is 22.4. The third-order valence-electron chi connectivity index (χ3n) is 4.82. The van der Waals surface area contributed by atoms with Crippen molar-refractivity contribution in [2.45, 2.75) is 18.7 Å². The van der Waals surface area contributed by atoms with Crippen LogP contribution in [0.1, 0.15) is 32.1 Å². The molecule has 1 aromatic heterocycles. The quantitative estimate of drug-likeness (QED) is 0.446. The summed E-state index contributed by atoms with van der Waals surface area (Å²) < 4.78 is 46.8. The van der Waals surface area contributed by atoms with Crippen molar-refractivity contribution < 1.29 is 27.1 Å². The number of para-hydroxylation sites is 1. The highest BCUT2D eigenvalue weighted by Crippen LogP contribution is 2.22. The number of hydrogen-bond donors (Lipinski definition) is 1. The number of benzene rings is 2. The second-order valence-corrected chi connectivity index (χ2v) is 8.69. The zero-order valence-corrected chi connectivity index (χ0v) is 18.0. The van der Waals surface area contributed by atoms with Gasteiger partial charge in [-0.1, -0.05) is 18.2 Å². The van der Waals surface area contributed by atoms with Gasteiger partial charge in [0.1, 0.15) is 5.82 Å². The van der Waals surface area contributed by atoms with Gasteiger partial charge in [0.2, 0.25) is 15.8 Å². The summed E-state index contributed by atoms with van der Waals surface area (Å²) in [5.74, 6) is -2.53. The van der Waals surface area contributed by atoms with E-state index in [2.05, 4.69) is 4.72 Å². The van der Waals surface area contributed by atoms with Crippen molar-refractivity contribution in [3.8, 4) is 5.69 Å². The predicted molar refractivity (Wildman–Crippen MR) is 113 cm³/mol. The highest BCUT2D eigenvalue weighted by Gasteiger charge is 2.22. The largest absolute Gasteiger partial charge is 0.454 e. The fourth-order valence-corrected chi connectivity index (χ4v) is 4.01. The van der Waals surface area contributed by atoms with Crippen molar-refractivity contribution >= 4 is 21.8 Å². The van der Waals surface area contributed by atoms with Gasteiger partial charge in [-0.2, -0.15) is 0 Å². The summed E-state index contributed by atoms with van der Waals surface area (Å²) in [6.45, 7) is 3.02. The summed E-state index contributed by atoms with van der Waals surface area (Å²) in [5.41, 5.74) is 2.20. The molecule has 31 heavy (non-hydrogen) atoms. The number of hydrogen-bond acceptors (Lipinski definition) is 5. The number of aryl methyl sites for hydroxylation is 1. The molecule has 0 spiro atoms. The van der Waals surface area contributed by atoms with Gasteiger partial charge in [0.25, 0.3) is 0 Å². The Labute approximate surface area is 179 Å². The Hall–Kier alpha value is -3.30. The molecule has 9 heteroatoms. The van der Waals surface area contributed by atoms with Crippen molar-refractivity contribution in [3.05, 3.63) is 82.9 Å². The summed E-state index contributed by atoms with van der Waals surface area (Å²) in [4.78, 5) is 24.7. The van der Waals surface area contributed by atoms with Crippen LogP contribution in [0.3, 0.4) is 0 Å². The van der Waals surface area contributed by atoms with Crippen LogP contribution in [0.5, 0.6) is 0 Å². The Balaban J connectivity index is 1.79. The van der Waals surface area contributed by atoms with Crippen molar-refractivity contribution in [1.29, 1.82) is 0 Å². The maximum atomic E-state index is 14.1. The molecule has 0 bridgehead atoms. The van der Waals surface area contributed by atoms with E-state index >= 15 is 0 Å². The highest BCUT2D eigenvalue weighted by atomic mass is 32.2. The monoisotopic (exact) mass is 444 g/mol. The number of aromatic nitrogens is 1. The number of carbonyl (C=O) groups is 2. The van der Waals surface area contributed by atoms with Crippen LogP contribution < -0.4 is 4.72 Å². The van der Waals surface area contributed by atoms with Crippen molar-refractivity contribution in [1.82, 2.24) is 9.29 Å². The van der Waals surface area contributed by atoms with E-state index in [0.29, 0.717) is 11.3 Å². The van der Waals surface area contributed by atoms with Crippen LogP contribution in [-0.2, 0) is 14.8 Å².